The number of aliphatic imine (C=N–C) groups is 2. The zero-order valence-corrected chi connectivity index (χ0v) is 21.7. The van der Waals surface area contributed by atoms with Gasteiger partial charge in [0.15, 0.2) is 0 Å². The van der Waals surface area contributed by atoms with Crippen molar-refractivity contribution in [2.45, 2.75) is 67.2 Å². The summed E-state index contributed by atoms with van der Waals surface area (Å²) < 4.78 is 0. The van der Waals surface area contributed by atoms with Gasteiger partial charge in [-0.25, -0.2) is 9.98 Å². The van der Waals surface area contributed by atoms with E-state index in [1.165, 1.54) is 11.1 Å². The van der Waals surface area contributed by atoms with Crippen molar-refractivity contribution in [3.63, 3.8) is 0 Å². The highest BCUT2D eigenvalue weighted by Gasteiger charge is 2.14. The van der Waals surface area contributed by atoms with Gasteiger partial charge in [-0.3, -0.25) is 4.99 Å². The lowest BCUT2D eigenvalue weighted by Gasteiger charge is -2.17. The second-order valence-electron chi connectivity index (χ2n) is 9.31. The first kappa shape index (κ1) is 24.9. The monoisotopic (exact) mass is 459 g/mol. The molecule has 3 aromatic rings. The third kappa shape index (κ3) is 5.78. The van der Waals surface area contributed by atoms with Crippen molar-refractivity contribution < 1.29 is 0 Å². The Kier molecular flexibility index (Phi) is 7.86. The maximum absolute atomic E-state index is 6.47. The molecule has 0 N–H and O–H groups in total. The molecule has 3 nitrogen and oxygen atoms in total. The first-order valence-electron chi connectivity index (χ1n) is 11.6. The number of pyridine rings is 1. The fourth-order valence-corrected chi connectivity index (χ4v) is 4.34. The number of aryl methyl sites for hydroxylation is 2. The first-order chi connectivity index (χ1) is 15.6. The van der Waals surface area contributed by atoms with Gasteiger partial charge in [0.25, 0.3) is 0 Å². The Morgan fingerprint density at radius 3 is 1.73 bits per heavy atom. The van der Waals surface area contributed by atoms with Crippen LogP contribution in [0.25, 0.3) is 0 Å². The van der Waals surface area contributed by atoms with Crippen LogP contribution >= 0.6 is 11.6 Å². The van der Waals surface area contributed by atoms with Gasteiger partial charge in [0, 0.05) is 0 Å². The van der Waals surface area contributed by atoms with Crippen LogP contribution in [0.4, 0.5) is 11.4 Å². The van der Waals surface area contributed by atoms with Crippen LogP contribution in [0.5, 0.6) is 0 Å². The lowest BCUT2D eigenvalue weighted by molar-refractivity contribution is 0.834. The predicted molar refractivity (Wildman–Crippen MR) is 144 cm³/mol. The minimum atomic E-state index is 0.395. The average molecular weight is 460 g/mol. The molecule has 1 heterocycles. The van der Waals surface area contributed by atoms with Crippen LogP contribution in [0.2, 0.25) is 5.02 Å². The lowest BCUT2D eigenvalue weighted by atomic mass is 9.93. The van der Waals surface area contributed by atoms with Gasteiger partial charge in [0.2, 0.25) is 0 Å². The van der Waals surface area contributed by atoms with Crippen LogP contribution < -0.4 is 0 Å². The molecule has 3 rings (SSSR count). The molecule has 0 atom stereocenters. The second kappa shape index (κ2) is 10.4. The number of aromatic nitrogens is 1. The van der Waals surface area contributed by atoms with E-state index >= 15 is 0 Å². The summed E-state index contributed by atoms with van der Waals surface area (Å²) in [5, 5.41) is 0.659. The molecule has 0 bridgehead atoms. The van der Waals surface area contributed by atoms with Crippen molar-refractivity contribution >= 4 is 34.4 Å². The molecular formula is C29H34ClN3. The summed E-state index contributed by atoms with van der Waals surface area (Å²) in [7, 11) is 0. The molecule has 0 fully saturated rings. The fraction of sp³-hybridized carbons (Fsp3) is 0.345. The van der Waals surface area contributed by atoms with Crippen LogP contribution in [0.1, 0.15) is 87.0 Å². The van der Waals surface area contributed by atoms with Crippen LogP contribution in [-0.4, -0.2) is 16.4 Å². The van der Waals surface area contributed by atoms with Crippen LogP contribution in [-0.2, 0) is 0 Å². The van der Waals surface area contributed by atoms with Gasteiger partial charge < -0.3 is 0 Å². The quantitative estimate of drug-likeness (QED) is 0.339. The molecular weight excluding hydrogens is 426 g/mol. The molecule has 0 saturated heterocycles. The van der Waals surface area contributed by atoms with Gasteiger partial charge in [-0.2, -0.15) is 0 Å². The highest BCUT2D eigenvalue weighted by atomic mass is 35.5. The summed E-state index contributed by atoms with van der Waals surface area (Å²) in [4.78, 5) is 14.8. The number of halogens is 1. The van der Waals surface area contributed by atoms with E-state index in [-0.39, 0.29) is 0 Å². The third-order valence-corrected chi connectivity index (χ3v) is 6.08. The summed E-state index contributed by atoms with van der Waals surface area (Å²) in [6.07, 6.45) is 0. The van der Waals surface area contributed by atoms with Crippen LogP contribution in [0.3, 0.4) is 0 Å². The Bertz CT molecular complexity index is 1170. The highest BCUT2D eigenvalue weighted by Crippen LogP contribution is 2.35. The molecule has 0 unspecified atom stereocenters. The molecule has 4 heteroatoms. The van der Waals surface area contributed by atoms with Gasteiger partial charge in [-0.05, 0) is 80.0 Å². The molecule has 0 spiro atoms. The molecule has 0 aliphatic rings. The molecule has 0 aliphatic carbocycles. The lowest BCUT2D eigenvalue weighted by Crippen LogP contribution is -2.06. The van der Waals surface area contributed by atoms with E-state index in [9.17, 15) is 0 Å². The normalized spacial score (nSPS) is 12.7. The number of nitrogens with zero attached hydrogens (tertiary/aromatic N) is 3. The number of benzene rings is 2. The van der Waals surface area contributed by atoms with Gasteiger partial charge in [-0.1, -0.05) is 69.6 Å². The second-order valence-corrected chi connectivity index (χ2v) is 9.72. The van der Waals surface area contributed by atoms with E-state index in [0.29, 0.717) is 16.9 Å². The van der Waals surface area contributed by atoms with Gasteiger partial charge in [0.05, 0.1) is 39.2 Å². The third-order valence-electron chi connectivity index (χ3n) is 5.79. The first-order valence-corrected chi connectivity index (χ1v) is 11.9. The summed E-state index contributed by atoms with van der Waals surface area (Å²) in [5.74, 6) is 0.790. The number of para-hydroxylation sites is 1. The Labute approximate surface area is 203 Å². The van der Waals surface area contributed by atoms with Crippen molar-refractivity contribution in [1.29, 1.82) is 0 Å². The van der Waals surface area contributed by atoms with Gasteiger partial charge in [0.1, 0.15) is 0 Å². The number of rotatable bonds is 6. The van der Waals surface area contributed by atoms with Crippen LogP contribution in [0, 0.1) is 13.8 Å². The van der Waals surface area contributed by atoms with Crippen molar-refractivity contribution in [2.75, 3.05) is 0 Å². The van der Waals surface area contributed by atoms with E-state index < -0.39 is 0 Å². The Balaban J connectivity index is 2.04. The smallest absolute Gasteiger partial charge is 0.0849 e. The molecule has 0 radical (unpaired) electrons. The molecule has 1 aromatic heterocycles. The highest BCUT2D eigenvalue weighted by molar-refractivity contribution is 6.33. The summed E-state index contributed by atoms with van der Waals surface area (Å²) >= 11 is 6.47. The topological polar surface area (TPSA) is 37.6 Å². The van der Waals surface area contributed by atoms with E-state index in [1.807, 2.05) is 52.0 Å². The molecule has 0 aliphatic heterocycles. The average Bonchev–Trinajstić information content (AvgIpc) is 2.75. The SMILES string of the molecule is C/C(=N\c1c(C)cc(C)cc1Cl)c1cccc(/C(C)=N/c2c(C(C)C)cccc2C(C)C)n1. The molecule has 0 amide bonds. The summed E-state index contributed by atoms with van der Waals surface area (Å²) in [5.41, 5.74) is 9.96. The summed E-state index contributed by atoms with van der Waals surface area (Å²) in [6.45, 7) is 16.9. The molecule has 33 heavy (non-hydrogen) atoms. The van der Waals surface area contributed by atoms with E-state index in [1.54, 1.807) is 0 Å². The standard InChI is InChI=1S/C29H34ClN3/c1-17(2)23-11-9-12-24(18(3)4)29(23)32-22(8)27-14-10-13-26(33-27)21(7)31-28-20(6)15-19(5)16-25(28)30/h9-18H,1-8H3/b31-21+,32-22+. The minimum Gasteiger partial charge on any atom is -0.251 e. The summed E-state index contributed by atoms with van der Waals surface area (Å²) in [6, 6.07) is 16.5. The Morgan fingerprint density at radius 1 is 0.758 bits per heavy atom. The maximum Gasteiger partial charge on any atom is 0.0849 e. The van der Waals surface area contributed by atoms with Crippen LogP contribution in [0.15, 0.2) is 58.5 Å². The van der Waals surface area contributed by atoms with Crippen molar-refractivity contribution in [2.24, 2.45) is 9.98 Å². The molecule has 0 saturated carbocycles. The molecule has 172 valence electrons. The minimum absolute atomic E-state index is 0.395. The molecule has 2 aromatic carbocycles. The van der Waals surface area contributed by atoms with E-state index in [2.05, 4.69) is 52.0 Å². The number of hydrogen-bond donors (Lipinski definition) is 0. The van der Waals surface area contributed by atoms with Gasteiger partial charge in [-0.15, -0.1) is 0 Å². The predicted octanol–water partition coefficient (Wildman–Crippen LogP) is 8.88. The largest absolute Gasteiger partial charge is 0.251 e. The Morgan fingerprint density at radius 2 is 1.24 bits per heavy atom. The fourth-order valence-electron chi connectivity index (χ4n) is 3.98. The number of hydrogen-bond acceptors (Lipinski definition) is 3. The zero-order chi connectivity index (χ0) is 24.3. The van der Waals surface area contributed by atoms with Crippen molar-refractivity contribution in [3.05, 3.63) is 87.2 Å². The van der Waals surface area contributed by atoms with E-state index in [0.717, 1.165) is 45.3 Å². The Hall–Kier alpha value is -2.78. The zero-order valence-electron chi connectivity index (χ0n) is 21.0. The van der Waals surface area contributed by atoms with Crippen molar-refractivity contribution in [1.82, 2.24) is 4.98 Å². The van der Waals surface area contributed by atoms with Crippen molar-refractivity contribution in [3.8, 4) is 0 Å². The maximum atomic E-state index is 6.47. The van der Waals surface area contributed by atoms with Gasteiger partial charge >= 0.3 is 0 Å². The van der Waals surface area contributed by atoms with E-state index in [4.69, 9.17) is 26.6 Å².